The topological polar surface area (TPSA) is 70.1 Å². The third-order valence-corrected chi connectivity index (χ3v) is 3.99. The first kappa shape index (κ1) is 13.9. The van der Waals surface area contributed by atoms with Crippen LogP contribution in [-0.2, 0) is 4.74 Å². The molecule has 1 aromatic rings. The molecule has 2 unspecified atom stereocenters. The quantitative estimate of drug-likeness (QED) is 0.853. The van der Waals surface area contributed by atoms with E-state index in [1.807, 2.05) is 11.5 Å². The van der Waals surface area contributed by atoms with Crippen molar-refractivity contribution in [3.05, 3.63) is 11.5 Å². The summed E-state index contributed by atoms with van der Waals surface area (Å²) in [6.07, 6.45) is 4.79. The number of esters is 1. The van der Waals surface area contributed by atoms with Crippen molar-refractivity contribution in [1.82, 2.24) is 9.55 Å². The molecule has 1 aliphatic carbocycles. The maximum absolute atomic E-state index is 11.8. The number of carbonyl (C=O) groups is 1. The number of carbonyl (C=O) groups excluding carboxylic acids is 1. The first-order valence-electron chi connectivity index (χ1n) is 7.07. The Hall–Kier alpha value is -1.52. The largest absolute Gasteiger partial charge is 0.461 e. The van der Waals surface area contributed by atoms with Crippen molar-refractivity contribution in [2.45, 2.75) is 52.5 Å². The SMILES string of the molecule is CCOC(=O)c1nc(C)n(C2CCCCC2C)c1N. The van der Waals surface area contributed by atoms with E-state index in [0.717, 1.165) is 12.2 Å². The maximum atomic E-state index is 11.8. The van der Waals surface area contributed by atoms with Crippen LogP contribution >= 0.6 is 0 Å². The van der Waals surface area contributed by atoms with Crippen molar-refractivity contribution >= 4 is 11.8 Å². The van der Waals surface area contributed by atoms with Crippen LogP contribution in [0.2, 0.25) is 0 Å². The normalized spacial score (nSPS) is 23.3. The summed E-state index contributed by atoms with van der Waals surface area (Å²) in [6.45, 7) is 6.26. The van der Waals surface area contributed by atoms with Crippen LogP contribution in [0, 0.1) is 12.8 Å². The Bertz CT molecular complexity index is 468. The Morgan fingerprint density at radius 1 is 1.47 bits per heavy atom. The molecule has 0 aromatic carbocycles. The lowest BCUT2D eigenvalue weighted by molar-refractivity contribution is 0.0521. The molecule has 0 aliphatic heterocycles. The van der Waals surface area contributed by atoms with Gasteiger partial charge in [-0.1, -0.05) is 19.8 Å². The van der Waals surface area contributed by atoms with Gasteiger partial charge in [-0.3, -0.25) is 0 Å². The summed E-state index contributed by atoms with van der Waals surface area (Å²) in [4.78, 5) is 16.1. The van der Waals surface area contributed by atoms with E-state index in [-0.39, 0.29) is 5.69 Å². The molecule has 2 N–H and O–H groups in total. The summed E-state index contributed by atoms with van der Waals surface area (Å²) in [5.74, 6) is 1.40. The third kappa shape index (κ3) is 2.60. The summed E-state index contributed by atoms with van der Waals surface area (Å²) in [7, 11) is 0. The zero-order valence-corrected chi connectivity index (χ0v) is 12.0. The number of anilines is 1. The molecule has 5 heteroatoms. The van der Waals surface area contributed by atoms with Crippen LogP contribution in [0.5, 0.6) is 0 Å². The van der Waals surface area contributed by atoms with Gasteiger partial charge in [0.1, 0.15) is 11.6 Å². The highest BCUT2D eigenvalue weighted by atomic mass is 16.5. The Morgan fingerprint density at radius 2 is 2.16 bits per heavy atom. The van der Waals surface area contributed by atoms with Crippen molar-refractivity contribution in [2.75, 3.05) is 12.3 Å². The smallest absolute Gasteiger partial charge is 0.360 e. The molecule has 0 saturated heterocycles. The van der Waals surface area contributed by atoms with Crippen LogP contribution < -0.4 is 5.73 Å². The molecule has 2 atom stereocenters. The van der Waals surface area contributed by atoms with Crippen molar-refractivity contribution < 1.29 is 9.53 Å². The van der Waals surface area contributed by atoms with Crippen molar-refractivity contribution in [3.63, 3.8) is 0 Å². The molecule has 1 aromatic heterocycles. The number of aromatic nitrogens is 2. The number of imidazole rings is 1. The molecule has 1 heterocycles. The van der Waals surface area contributed by atoms with E-state index in [1.165, 1.54) is 19.3 Å². The van der Waals surface area contributed by atoms with Gasteiger partial charge in [0, 0.05) is 6.04 Å². The number of hydrogen-bond acceptors (Lipinski definition) is 4. The molecule has 106 valence electrons. The molecule has 19 heavy (non-hydrogen) atoms. The Balaban J connectivity index is 2.33. The first-order chi connectivity index (χ1) is 9.06. The summed E-state index contributed by atoms with van der Waals surface area (Å²) in [5, 5.41) is 0. The average molecular weight is 265 g/mol. The average Bonchev–Trinajstić information content (AvgIpc) is 2.66. The predicted molar refractivity (Wildman–Crippen MR) is 74.0 cm³/mol. The van der Waals surface area contributed by atoms with Crippen molar-refractivity contribution in [2.24, 2.45) is 5.92 Å². The molecule has 0 spiro atoms. The summed E-state index contributed by atoms with van der Waals surface area (Å²) < 4.78 is 7.02. The lowest BCUT2D eigenvalue weighted by Gasteiger charge is -2.31. The molecule has 1 aliphatic rings. The number of nitrogens with zero attached hydrogens (tertiary/aromatic N) is 2. The minimum atomic E-state index is -0.426. The fraction of sp³-hybridized carbons (Fsp3) is 0.714. The van der Waals surface area contributed by atoms with E-state index >= 15 is 0 Å². The highest BCUT2D eigenvalue weighted by Gasteiger charge is 2.29. The van der Waals surface area contributed by atoms with E-state index in [2.05, 4.69) is 11.9 Å². The van der Waals surface area contributed by atoms with Gasteiger partial charge in [-0.2, -0.15) is 0 Å². The molecular formula is C14H23N3O2. The second-order valence-electron chi connectivity index (χ2n) is 5.31. The van der Waals surface area contributed by atoms with Gasteiger partial charge in [-0.15, -0.1) is 0 Å². The lowest BCUT2D eigenvalue weighted by Crippen LogP contribution is -2.23. The molecule has 1 saturated carbocycles. The van der Waals surface area contributed by atoms with Crippen LogP contribution in [0.1, 0.15) is 61.9 Å². The molecule has 1 fully saturated rings. The molecule has 0 amide bonds. The Labute approximate surface area is 114 Å². The van der Waals surface area contributed by atoms with Gasteiger partial charge in [0.05, 0.1) is 6.61 Å². The van der Waals surface area contributed by atoms with E-state index in [4.69, 9.17) is 10.5 Å². The van der Waals surface area contributed by atoms with Crippen molar-refractivity contribution in [1.29, 1.82) is 0 Å². The summed E-state index contributed by atoms with van der Waals surface area (Å²) >= 11 is 0. The Kier molecular flexibility index (Phi) is 4.12. The van der Waals surface area contributed by atoms with E-state index in [9.17, 15) is 4.79 Å². The minimum Gasteiger partial charge on any atom is -0.461 e. The maximum Gasteiger partial charge on any atom is 0.360 e. The van der Waals surface area contributed by atoms with E-state index in [1.54, 1.807) is 6.92 Å². The number of nitrogens with two attached hydrogens (primary N) is 1. The predicted octanol–water partition coefficient (Wildman–Crippen LogP) is 2.70. The number of rotatable bonds is 3. The van der Waals surface area contributed by atoms with Gasteiger partial charge < -0.3 is 15.0 Å². The van der Waals surface area contributed by atoms with Crippen LogP contribution in [0.4, 0.5) is 5.82 Å². The summed E-state index contributed by atoms with van der Waals surface area (Å²) in [5.41, 5.74) is 6.39. The molecule has 5 nitrogen and oxygen atoms in total. The van der Waals surface area contributed by atoms with Gasteiger partial charge in [-0.25, -0.2) is 9.78 Å². The second kappa shape index (κ2) is 5.63. The second-order valence-corrected chi connectivity index (χ2v) is 5.31. The van der Waals surface area contributed by atoms with Gasteiger partial charge in [0.25, 0.3) is 0 Å². The van der Waals surface area contributed by atoms with Gasteiger partial charge >= 0.3 is 5.97 Å². The molecule has 0 bridgehead atoms. The highest BCUT2D eigenvalue weighted by Crippen LogP contribution is 2.36. The van der Waals surface area contributed by atoms with Crippen LogP contribution in [-0.4, -0.2) is 22.1 Å². The third-order valence-electron chi connectivity index (χ3n) is 3.99. The molecular weight excluding hydrogens is 242 g/mol. The monoisotopic (exact) mass is 265 g/mol. The molecule has 0 radical (unpaired) electrons. The van der Waals surface area contributed by atoms with E-state index < -0.39 is 5.97 Å². The van der Waals surface area contributed by atoms with E-state index in [0.29, 0.717) is 24.4 Å². The number of ether oxygens (including phenoxy) is 1. The zero-order chi connectivity index (χ0) is 14.0. The number of hydrogen-bond donors (Lipinski definition) is 1. The fourth-order valence-electron chi connectivity index (χ4n) is 3.01. The van der Waals surface area contributed by atoms with Crippen LogP contribution in [0.3, 0.4) is 0 Å². The summed E-state index contributed by atoms with van der Waals surface area (Å²) in [6, 6.07) is 0.351. The number of nitrogen functional groups attached to an aromatic ring is 1. The zero-order valence-electron chi connectivity index (χ0n) is 12.0. The van der Waals surface area contributed by atoms with Gasteiger partial charge in [0.15, 0.2) is 5.69 Å². The number of aryl methyl sites for hydroxylation is 1. The van der Waals surface area contributed by atoms with Gasteiger partial charge in [-0.05, 0) is 32.6 Å². The fourth-order valence-corrected chi connectivity index (χ4v) is 3.01. The highest BCUT2D eigenvalue weighted by molar-refractivity contribution is 5.92. The minimum absolute atomic E-state index is 0.261. The Morgan fingerprint density at radius 3 is 2.79 bits per heavy atom. The van der Waals surface area contributed by atoms with Crippen molar-refractivity contribution in [3.8, 4) is 0 Å². The first-order valence-corrected chi connectivity index (χ1v) is 7.07. The molecule has 2 rings (SSSR count). The van der Waals surface area contributed by atoms with Crippen LogP contribution in [0.25, 0.3) is 0 Å². The lowest BCUT2D eigenvalue weighted by atomic mass is 9.85. The van der Waals surface area contributed by atoms with Gasteiger partial charge in [0.2, 0.25) is 0 Å². The van der Waals surface area contributed by atoms with Crippen LogP contribution in [0.15, 0.2) is 0 Å². The standard InChI is InChI=1S/C14H23N3O2/c1-4-19-14(18)12-13(15)17(10(3)16-12)11-8-6-5-7-9(11)2/h9,11H,4-8,15H2,1-3H3.